The van der Waals surface area contributed by atoms with Gasteiger partial charge in [-0.1, -0.05) is 57.2 Å². The van der Waals surface area contributed by atoms with Crippen LogP contribution in [0.4, 0.5) is 0 Å². The number of carbonyl (C=O) groups is 1. The number of carbonyl (C=O) groups excluding carboxylic acids is 1. The van der Waals surface area contributed by atoms with Crippen LogP contribution in [-0.2, 0) is 12.0 Å². The van der Waals surface area contributed by atoms with Gasteiger partial charge in [0, 0.05) is 32.5 Å². The van der Waals surface area contributed by atoms with Crippen LogP contribution < -0.4 is 4.74 Å². The van der Waals surface area contributed by atoms with Crippen LogP contribution >= 0.6 is 0 Å². The zero-order valence-corrected chi connectivity index (χ0v) is 16.6. The lowest BCUT2D eigenvalue weighted by Crippen LogP contribution is -2.50. The summed E-state index contributed by atoms with van der Waals surface area (Å²) in [6.07, 6.45) is 2.32. The SMILES string of the molecule is CC(C)(C)c1ccc2c(c1)C(=O)CC1(CCN(Cc3ccccc3)CC1)O2. The molecule has 1 fully saturated rings. The molecule has 0 radical (unpaired) electrons. The van der Waals surface area contributed by atoms with Gasteiger partial charge in [-0.2, -0.15) is 0 Å². The molecule has 1 saturated heterocycles. The van der Waals surface area contributed by atoms with Crippen LogP contribution in [0, 0.1) is 0 Å². The fraction of sp³-hybridized carbons (Fsp3) is 0.458. The van der Waals surface area contributed by atoms with Gasteiger partial charge in [-0.05, 0) is 28.7 Å². The molecule has 1 spiro atoms. The van der Waals surface area contributed by atoms with E-state index in [2.05, 4.69) is 62.1 Å². The van der Waals surface area contributed by atoms with Crippen molar-refractivity contribution in [2.24, 2.45) is 0 Å². The molecule has 0 aliphatic carbocycles. The number of ether oxygens (including phenoxy) is 1. The number of benzene rings is 2. The normalized spacial score (nSPS) is 19.6. The Labute approximate surface area is 162 Å². The monoisotopic (exact) mass is 363 g/mol. The van der Waals surface area contributed by atoms with Gasteiger partial charge in [0.05, 0.1) is 12.0 Å². The van der Waals surface area contributed by atoms with E-state index in [1.807, 2.05) is 12.1 Å². The Morgan fingerprint density at radius 2 is 1.74 bits per heavy atom. The van der Waals surface area contributed by atoms with Crippen LogP contribution in [0.1, 0.15) is 61.5 Å². The molecule has 3 nitrogen and oxygen atoms in total. The molecule has 0 amide bonds. The molecular weight excluding hydrogens is 334 g/mol. The molecule has 27 heavy (non-hydrogen) atoms. The smallest absolute Gasteiger partial charge is 0.170 e. The number of ketones is 1. The van der Waals surface area contributed by atoms with Crippen LogP contribution in [0.25, 0.3) is 0 Å². The highest BCUT2D eigenvalue weighted by atomic mass is 16.5. The van der Waals surface area contributed by atoms with Gasteiger partial charge in [-0.15, -0.1) is 0 Å². The van der Waals surface area contributed by atoms with Crippen molar-refractivity contribution >= 4 is 5.78 Å². The van der Waals surface area contributed by atoms with Crippen LogP contribution in [0.15, 0.2) is 48.5 Å². The second-order valence-electron chi connectivity index (χ2n) is 9.11. The molecule has 0 atom stereocenters. The Balaban J connectivity index is 1.47. The van der Waals surface area contributed by atoms with Gasteiger partial charge in [0.1, 0.15) is 11.4 Å². The molecule has 0 saturated carbocycles. The van der Waals surface area contributed by atoms with E-state index in [0.717, 1.165) is 43.8 Å². The van der Waals surface area contributed by atoms with Gasteiger partial charge < -0.3 is 4.74 Å². The number of fused-ring (bicyclic) bond motifs is 1. The molecule has 0 unspecified atom stereocenters. The number of rotatable bonds is 2. The average molecular weight is 364 g/mol. The summed E-state index contributed by atoms with van der Waals surface area (Å²) < 4.78 is 6.45. The molecule has 0 bridgehead atoms. The molecule has 2 heterocycles. The van der Waals surface area contributed by atoms with Crippen molar-refractivity contribution in [3.05, 3.63) is 65.2 Å². The Morgan fingerprint density at radius 1 is 1.04 bits per heavy atom. The Morgan fingerprint density at radius 3 is 2.41 bits per heavy atom. The van der Waals surface area contributed by atoms with Crippen LogP contribution in [-0.4, -0.2) is 29.4 Å². The molecule has 3 heteroatoms. The van der Waals surface area contributed by atoms with Crippen molar-refractivity contribution in [2.45, 2.75) is 57.6 Å². The van der Waals surface area contributed by atoms with Crippen molar-refractivity contribution < 1.29 is 9.53 Å². The number of hydrogen-bond donors (Lipinski definition) is 0. The van der Waals surface area contributed by atoms with Crippen molar-refractivity contribution in [1.29, 1.82) is 0 Å². The number of Topliss-reactive ketones (excluding diaryl/α,β-unsaturated/α-hetero) is 1. The summed E-state index contributed by atoms with van der Waals surface area (Å²) in [6, 6.07) is 16.7. The first kappa shape index (κ1) is 18.2. The zero-order valence-electron chi connectivity index (χ0n) is 16.6. The summed E-state index contributed by atoms with van der Waals surface area (Å²) >= 11 is 0. The van der Waals surface area contributed by atoms with Gasteiger partial charge in [0.15, 0.2) is 5.78 Å². The second kappa shape index (κ2) is 6.79. The lowest BCUT2D eigenvalue weighted by molar-refractivity contribution is -0.0108. The molecule has 0 aromatic heterocycles. The summed E-state index contributed by atoms with van der Waals surface area (Å²) in [4.78, 5) is 15.4. The minimum Gasteiger partial charge on any atom is -0.486 e. The van der Waals surface area contributed by atoms with E-state index in [1.165, 1.54) is 11.1 Å². The maximum atomic E-state index is 12.9. The molecule has 2 aliphatic heterocycles. The highest BCUT2D eigenvalue weighted by Crippen LogP contribution is 2.41. The largest absolute Gasteiger partial charge is 0.486 e. The van der Waals surface area contributed by atoms with E-state index in [9.17, 15) is 4.79 Å². The first-order valence-electron chi connectivity index (χ1n) is 9.98. The number of likely N-dealkylation sites (tertiary alicyclic amines) is 1. The molecule has 0 N–H and O–H groups in total. The maximum absolute atomic E-state index is 12.9. The van der Waals surface area contributed by atoms with Gasteiger partial charge in [-0.25, -0.2) is 0 Å². The fourth-order valence-electron chi connectivity index (χ4n) is 4.20. The predicted molar refractivity (Wildman–Crippen MR) is 108 cm³/mol. The van der Waals surface area contributed by atoms with Gasteiger partial charge >= 0.3 is 0 Å². The van der Waals surface area contributed by atoms with E-state index in [4.69, 9.17) is 4.74 Å². The molecular formula is C24H29NO2. The van der Waals surface area contributed by atoms with Gasteiger partial charge in [0.2, 0.25) is 0 Å². The highest BCUT2D eigenvalue weighted by Gasteiger charge is 2.43. The van der Waals surface area contributed by atoms with E-state index >= 15 is 0 Å². The molecule has 142 valence electrons. The third kappa shape index (κ3) is 3.79. The van der Waals surface area contributed by atoms with Crippen LogP contribution in [0.2, 0.25) is 0 Å². The maximum Gasteiger partial charge on any atom is 0.170 e. The lowest BCUT2D eigenvalue weighted by atomic mass is 9.80. The summed E-state index contributed by atoms with van der Waals surface area (Å²) in [5.41, 5.74) is 3.01. The van der Waals surface area contributed by atoms with Crippen LogP contribution in [0.3, 0.4) is 0 Å². The Kier molecular flexibility index (Phi) is 4.59. The zero-order chi connectivity index (χ0) is 19.1. The topological polar surface area (TPSA) is 29.5 Å². The number of hydrogen-bond acceptors (Lipinski definition) is 3. The molecule has 2 aliphatic rings. The summed E-state index contributed by atoms with van der Waals surface area (Å²) in [5, 5.41) is 0. The molecule has 2 aromatic rings. The lowest BCUT2D eigenvalue weighted by Gasteiger charge is -2.44. The van der Waals surface area contributed by atoms with Crippen molar-refractivity contribution in [2.75, 3.05) is 13.1 Å². The first-order chi connectivity index (χ1) is 12.8. The van der Waals surface area contributed by atoms with E-state index in [1.54, 1.807) is 0 Å². The van der Waals surface area contributed by atoms with Crippen molar-refractivity contribution in [1.82, 2.24) is 4.90 Å². The summed E-state index contributed by atoms with van der Waals surface area (Å²) in [5.74, 6) is 1.01. The third-order valence-electron chi connectivity index (χ3n) is 5.97. The molecule has 4 rings (SSSR count). The third-order valence-corrected chi connectivity index (χ3v) is 5.97. The quantitative estimate of drug-likeness (QED) is 0.753. The first-order valence-corrected chi connectivity index (χ1v) is 9.98. The fourth-order valence-corrected chi connectivity index (χ4v) is 4.20. The number of nitrogens with zero attached hydrogens (tertiary/aromatic N) is 1. The van der Waals surface area contributed by atoms with Crippen LogP contribution in [0.5, 0.6) is 5.75 Å². The molecule has 2 aromatic carbocycles. The minimum atomic E-state index is -0.319. The number of piperidine rings is 1. The van der Waals surface area contributed by atoms with E-state index in [0.29, 0.717) is 6.42 Å². The standard InChI is InChI=1S/C24H29NO2/c1-23(2,3)19-9-10-22-20(15-19)21(26)16-24(27-22)11-13-25(14-12-24)17-18-7-5-4-6-8-18/h4-10,15H,11-14,16-17H2,1-3H3. The van der Waals surface area contributed by atoms with Crippen molar-refractivity contribution in [3.8, 4) is 5.75 Å². The van der Waals surface area contributed by atoms with Crippen molar-refractivity contribution in [3.63, 3.8) is 0 Å². The van der Waals surface area contributed by atoms with E-state index < -0.39 is 0 Å². The van der Waals surface area contributed by atoms with Gasteiger partial charge in [0.25, 0.3) is 0 Å². The average Bonchev–Trinajstić information content (AvgIpc) is 2.64. The summed E-state index contributed by atoms with van der Waals surface area (Å²) in [7, 11) is 0. The highest BCUT2D eigenvalue weighted by molar-refractivity contribution is 6.00. The van der Waals surface area contributed by atoms with E-state index in [-0.39, 0.29) is 16.8 Å². The van der Waals surface area contributed by atoms with Gasteiger partial charge in [-0.3, -0.25) is 9.69 Å². The minimum absolute atomic E-state index is 0.0349. The summed E-state index contributed by atoms with van der Waals surface area (Å²) in [6.45, 7) is 9.43. The second-order valence-corrected chi connectivity index (χ2v) is 9.11. The Hall–Kier alpha value is -2.13. The Bertz CT molecular complexity index is 827. The predicted octanol–water partition coefficient (Wildman–Crippen LogP) is 4.98.